The molecule has 1 atom stereocenters. The number of amides is 1. The van der Waals surface area contributed by atoms with Gasteiger partial charge in [-0.15, -0.1) is 0 Å². The molecule has 2 fully saturated rings. The first-order valence-electron chi connectivity index (χ1n) is 14.3. The summed E-state index contributed by atoms with van der Waals surface area (Å²) >= 11 is 0. The fraction of sp³-hybridized carbons (Fsp3) is 0.387. The Labute approximate surface area is 251 Å². The van der Waals surface area contributed by atoms with Gasteiger partial charge in [0.05, 0.1) is 11.9 Å². The van der Waals surface area contributed by atoms with Crippen LogP contribution in [0.2, 0.25) is 0 Å². The van der Waals surface area contributed by atoms with Crippen LogP contribution >= 0.6 is 0 Å². The van der Waals surface area contributed by atoms with Gasteiger partial charge in [-0.3, -0.25) is 19.7 Å². The first-order chi connectivity index (χ1) is 21.1. The SMILES string of the molecule is Cc1cccc2cncc(-c3ncc4c(N5CCN(C(=O)/C=C/CF)CC5)nc(OC[C@@H]5CC(F)(F)CN5C)nc4c3F)c12. The van der Waals surface area contributed by atoms with Crippen LogP contribution in [-0.2, 0) is 4.79 Å². The largest absolute Gasteiger partial charge is 0.462 e. The van der Waals surface area contributed by atoms with Gasteiger partial charge in [-0.1, -0.05) is 18.2 Å². The lowest BCUT2D eigenvalue weighted by Gasteiger charge is -2.35. The van der Waals surface area contributed by atoms with Gasteiger partial charge in [0.2, 0.25) is 5.91 Å². The molecule has 1 aromatic carbocycles. The third kappa shape index (κ3) is 5.75. The van der Waals surface area contributed by atoms with Crippen LogP contribution in [0.25, 0.3) is 32.9 Å². The maximum Gasteiger partial charge on any atom is 0.319 e. The molecule has 9 nitrogen and oxygen atoms in total. The van der Waals surface area contributed by atoms with E-state index in [4.69, 9.17) is 4.74 Å². The Morgan fingerprint density at radius 3 is 2.66 bits per heavy atom. The number of ether oxygens (including phenoxy) is 1. The van der Waals surface area contributed by atoms with E-state index in [0.717, 1.165) is 22.4 Å². The molecule has 0 unspecified atom stereocenters. The minimum atomic E-state index is -2.83. The number of fused-ring (bicyclic) bond motifs is 2. The van der Waals surface area contributed by atoms with Crippen LogP contribution in [0.4, 0.5) is 23.4 Å². The molecule has 5 heterocycles. The molecule has 0 N–H and O–H groups in total. The minimum Gasteiger partial charge on any atom is -0.462 e. The fourth-order valence-electron chi connectivity index (χ4n) is 5.92. The Balaban J connectivity index is 1.39. The fourth-order valence-corrected chi connectivity index (χ4v) is 5.92. The molecule has 3 aromatic heterocycles. The quantitative estimate of drug-likeness (QED) is 0.222. The first-order valence-corrected chi connectivity index (χ1v) is 14.3. The Kier molecular flexibility index (Phi) is 8.06. The van der Waals surface area contributed by atoms with Crippen LogP contribution in [0.1, 0.15) is 12.0 Å². The normalized spacial score (nSPS) is 19.0. The average molecular weight is 610 g/mol. The van der Waals surface area contributed by atoms with Gasteiger partial charge in [0, 0.05) is 74.3 Å². The summed E-state index contributed by atoms with van der Waals surface area (Å²) in [6, 6.07) is 5.01. The summed E-state index contributed by atoms with van der Waals surface area (Å²) in [7, 11) is 1.60. The molecule has 6 rings (SSSR count). The second-order valence-corrected chi connectivity index (χ2v) is 11.2. The van der Waals surface area contributed by atoms with Crippen LogP contribution < -0.4 is 9.64 Å². The van der Waals surface area contributed by atoms with E-state index in [9.17, 15) is 18.0 Å². The minimum absolute atomic E-state index is 0.0323. The number of pyridine rings is 2. The number of halogens is 4. The highest BCUT2D eigenvalue weighted by atomic mass is 19.3. The standard InChI is InChI=1S/C31H31F4N7O2/c1-19-5-3-6-20-14-36-15-22(25(19)20)27-26(33)28-23(16-37-27)29(42-11-9-41(10-12-42)24(43)7-4-8-32)39-30(38-28)44-17-21-13-31(34,35)18-40(21)2/h3-7,14-16,21H,8-13,17-18H2,1-2H3/b7-4+/t21-/m0/s1. The topological polar surface area (TPSA) is 87.6 Å². The average Bonchev–Trinajstić information content (AvgIpc) is 3.29. The number of aromatic nitrogens is 4. The highest BCUT2D eigenvalue weighted by molar-refractivity contribution is 6.00. The Hall–Kier alpha value is -4.39. The number of carbonyl (C=O) groups is 1. The molecule has 0 aliphatic carbocycles. The van der Waals surface area contributed by atoms with E-state index >= 15 is 4.39 Å². The lowest BCUT2D eigenvalue weighted by molar-refractivity contribution is -0.126. The van der Waals surface area contributed by atoms with Gasteiger partial charge in [0.25, 0.3) is 5.92 Å². The summed E-state index contributed by atoms with van der Waals surface area (Å²) in [5.41, 5.74) is 1.46. The van der Waals surface area contributed by atoms with Crippen LogP contribution in [0.5, 0.6) is 6.01 Å². The molecule has 1 amide bonds. The van der Waals surface area contributed by atoms with Gasteiger partial charge in [-0.25, -0.2) is 17.6 Å². The molecular formula is C31H31F4N7O2. The number of nitrogens with zero attached hydrogens (tertiary/aromatic N) is 7. The first kappa shape index (κ1) is 29.7. The van der Waals surface area contributed by atoms with Gasteiger partial charge >= 0.3 is 6.01 Å². The van der Waals surface area contributed by atoms with Crippen molar-refractivity contribution in [2.24, 2.45) is 0 Å². The summed E-state index contributed by atoms with van der Waals surface area (Å²) in [5, 5.41) is 1.99. The lowest BCUT2D eigenvalue weighted by Crippen LogP contribution is -2.48. The Bertz CT molecular complexity index is 1740. The Morgan fingerprint density at radius 2 is 1.93 bits per heavy atom. The molecule has 44 heavy (non-hydrogen) atoms. The monoisotopic (exact) mass is 609 g/mol. The number of anilines is 1. The molecule has 2 aliphatic heterocycles. The molecule has 230 valence electrons. The number of alkyl halides is 3. The molecule has 4 aromatic rings. The van der Waals surface area contributed by atoms with Crippen molar-refractivity contribution in [1.29, 1.82) is 0 Å². The number of likely N-dealkylation sites (N-methyl/N-ethyl adjacent to an activating group) is 1. The van der Waals surface area contributed by atoms with Crippen LogP contribution in [0.3, 0.4) is 0 Å². The van der Waals surface area contributed by atoms with E-state index in [1.807, 2.05) is 30.0 Å². The number of benzene rings is 1. The Morgan fingerprint density at radius 1 is 1.14 bits per heavy atom. The molecule has 0 bridgehead atoms. The van der Waals surface area contributed by atoms with Crippen molar-refractivity contribution in [3.63, 3.8) is 0 Å². The highest BCUT2D eigenvalue weighted by Crippen LogP contribution is 2.36. The van der Waals surface area contributed by atoms with Crippen molar-refractivity contribution in [2.45, 2.75) is 25.3 Å². The summed E-state index contributed by atoms with van der Waals surface area (Å²) < 4.78 is 62.8. The number of allylic oxidation sites excluding steroid dienone is 1. The molecule has 0 radical (unpaired) electrons. The molecule has 2 saturated heterocycles. The maximum atomic E-state index is 16.5. The van der Waals surface area contributed by atoms with E-state index in [-0.39, 0.29) is 42.7 Å². The molecule has 2 aliphatic rings. The number of hydrogen-bond donors (Lipinski definition) is 0. The van der Waals surface area contributed by atoms with Crippen molar-refractivity contribution in [3.05, 3.63) is 60.3 Å². The highest BCUT2D eigenvalue weighted by Gasteiger charge is 2.43. The summed E-state index contributed by atoms with van der Waals surface area (Å²) in [4.78, 5) is 35.1. The number of hydrogen-bond acceptors (Lipinski definition) is 8. The van der Waals surface area contributed by atoms with Crippen molar-refractivity contribution >= 4 is 33.4 Å². The second kappa shape index (κ2) is 11.9. The van der Waals surface area contributed by atoms with E-state index in [2.05, 4.69) is 19.9 Å². The van der Waals surface area contributed by atoms with E-state index < -0.39 is 24.5 Å². The second-order valence-electron chi connectivity index (χ2n) is 11.2. The van der Waals surface area contributed by atoms with Crippen molar-refractivity contribution < 1.29 is 27.1 Å². The number of aryl methyl sites for hydroxylation is 1. The van der Waals surface area contributed by atoms with Gasteiger partial charge in [-0.05, 0) is 31.0 Å². The third-order valence-corrected chi connectivity index (χ3v) is 8.17. The van der Waals surface area contributed by atoms with Crippen molar-refractivity contribution in [1.82, 2.24) is 29.7 Å². The number of likely N-dealkylation sites (tertiary alicyclic amines) is 1. The lowest BCUT2D eigenvalue weighted by atomic mass is 10.00. The number of piperazine rings is 1. The predicted octanol–water partition coefficient (Wildman–Crippen LogP) is 4.58. The van der Waals surface area contributed by atoms with Gasteiger partial charge in [-0.2, -0.15) is 9.97 Å². The maximum absolute atomic E-state index is 16.5. The summed E-state index contributed by atoms with van der Waals surface area (Å²) in [6.07, 6.45) is 6.78. The van der Waals surface area contributed by atoms with Crippen molar-refractivity contribution in [3.8, 4) is 17.3 Å². The van der Waals surface area contributed by atoms with Crippen LogP contribution in [0, 0.1) is 12.7 Å². The van der Waals surface area contributed by atoms with E-state index in [1.165, 1.54) is 17.2 Å². The van der Waals surface area contributed by atoms with Gasteiger partial charge < -0.3 is 14.5 Å². The zero-order valence-electron chi connectivity index (χ0n) is 24.3. The predicted molar refractivity (Wildman–Crippen MR) is 158 cm³/mol. The number of rotatable bonds is 7. The summed E-state index contributed by atoms with van der Waals surface area (Å²) in [6.45, 7) is 2.08. The van der Waals surface area contributed by atoms with Crippen LogP contribution in [0.15, 0.2) is 48.9 Å². The third-order valence-electron chi connectivity index (χ3n) is 8.17. The zero-order chi connectivity index (χ0) is 31.0. The van der Waals surface area contributed by atoms with Gasteiger partial charge in [0.15, 0.2) is 5.82 Å². The molecule has 13 heteroatoms. The molecular weight excluding hydrogens is 578 g/mol. The van der Waals surface area contributed by atoms with Gasteiger partial charge in [0.1, 0.15) is 30.3 Å². The molecule has 0 spiro atoms. The smallest absolute Gasteiger partial charge is 0.319 e. The van der Waals surface area contributed by atoms with Crippen LogP contribution in [-0.4, -0.2) is 101 Å². The zero-order valence-corrected chi connectivity index (χ0v) is 24.3. The summed E-state index contributed by atoms with van der Waals surface area (Å²) in [5.74, 6) is -3.46. The van der Waals surface area contributed by atoms with E-state index in [0.29, 0.717) is 42.9 Å². The number of carbonyl (C=O) groups excluding carboxylic acids is 1. The van der Waals surface area contributed by atoms with Crippen molar-refractivity contribution in [2.75, 3.05) is 58.0 Å². The van der Waals surface area contributed by atoms with E-state index in [1.54, 1.807) is 24.3 Å². The molecule has 0 saturated carbocycles.